The Morgan fingerprint density at radius 3 is 2.22 bits per heavy atom. The van der Waals surface area contributed by atoms with Crippen LogP contribution in [0.4, 0.5) is 0 Å². The quantitative estimate of drug-likeness (QED) is 0.349. The molecule has 0 heterocycles. The highest BCUT2D eigenvalue weighted by atomic mass is 28.4. The molecular formula is C28H50O2Si2. The Hall–Kier alpha value is -0.166. The van der Waals surface area contributed by atoms with Crippen LogP contribution in [0.2, 0.25) is 26.2 Å². The van der Waals surface area contributed by atoms with Crippen LogP contribution in [-0.2, 0) is 8.85 Å². The molecule has 0 aromatic rings. The van der Waals surface area contributed by atoms with Gasteiger partial charge in [0.05, 0.1) is 0 Å². The van der Waals surface area contributed by atoms with Crippen molar-refractivity contribution in [2.45, 2.75) is 110 Å². The summed E-state index contributed by atoms with van der Waals surface area (Å²) in [5.41, 5.74) is 4.70. The normalized spacial score (nSPS) is 43.0. The Labute approximate surface area is 200 Å². The number of rotatable bonds is 7. The fourth-order valence-electron chi connectivity index (χ4n) is 8.82. The van der Waals surface area contributed by atoms with Crippen molar-refractivity contribution in [3.63, 3.8) is 0 Å². The Balaban J connectivity index is 1.42. The molecule has 0 saturated heterocycles. The SMILES string of the molecule is C=C[Si](C)(C)O[C@H]1CCC2C3CC[C@@]4(C)C(CC[C@@H]4[C@H](C)O[Si](C)(C)C=C)C3CC[C@H]2C1. The van der Waals surface area contributed by atoms with Crippen LogP contribution >= 0.6 is 0 Å². The average molecular weight is 475 g/mol. The topological polar surface area (TPSA) is 18.5 Å². The average Bonchev–Trinajstić information content (AvgIpc) is 3.10. The molecule has 4 saturated carbocycles. The van der Waals surface area contributed by atoms with E-state index in [1.54, 1.807) is 0 Å². The molecule has 0 aromatic heterocycles. The van der Waals surface area contributed by atoms with E-state index >= 15 is 0 Å². The summed E-state index contributed by atoms with van der Waals surface area (Å²) in [6.45, 7) is 22.3. The van der Waals surface area contributed by atoms with Crippen LogP contribution in [0.1, 0.15) is 71.6 Å². The third-order valence-electron chi connectivity index (χ3n) is 10.5. The zero-order valence-corrected chi connectivity index (χ0v) is 23.9. The van der Waals surface area contributed by atoms with E-state index in [2.05, 4.69) is 64.6 Å². The maximum atomic E-state index is 6.67. The lowest BCUT2D eigenvalue weighted by atomic mass is 9.49. The van der Waals surface area contributed by atoms with E-state index in [0.717, 1.165) is 35.5 Å². The Kier molecular flexibility index (Phi) is 7.11. The molecular weight excluding hydrogens is 424 g/mol. The second-order valence-electron chi connectivity index (χ2n) is 13.2. The predicted octanol–water partition coefficient (Wildman–Crippen LogP) is 7.91. The number of hydrogen-bond acceptors (Lipinski definition) is 2. The number of fused-ring (bicyclic) bond motifs is 5. The van der Waals surface area contributed by atoms with Crippen molar-refractivity contribution in [2.24, 2.45) is 40.9 Å². The van der Waals surface area contributed by atoms with Crippen molar-refractivity contribution >= 4 is 16.6 Å². The molecule has 0 aromatic carbocycles. The van der Waals surface area contributed by atoms with E-state index in [1.807, 2.05) is 0 Å². The first-order chi connectivity index (χ1) is 15.0. The Bertz CT molecular complexity index is 704. The highest BCUT2D eigenvalue weighted by Crippen LogP contribution is 2.65. The van der Waals surface area contributed by atoms with Crippen molar-refractivity contribution in [2.75, 3.05) is 0 Å². The van der Waals surface area contributed by atoms with Gasteiger partial charge in [-0.1, -0.05) is 18.3 Å². The molecule has 0 spiro atoms. The van der Waals surface area contributed by atoms with Gasteiger partial charge in [0.25, 0.3) is 0 Å². The minimum atomic E-state index is -1.73. The summed E-state index contributed by atoms with van der Waals surface area (Å²) in [5, 5.41) is 0. The van der Waals surface area contributed by atoms with Gasteiger partial charge in [0, 0.05) is 12.2 Å². The van der Waals surface area contributed by atoms with Gasteiger partial charge in [-0.3, -0.25) is 0 Å². The van der Waals surface area contributed by atoms with Crippen molar-refractivity contribution in [3.05, 3.63) is 24.6 Å². The van der Waals surface area contributed by atoms with Crippen LogP contribution in [0.5, 0.6) is 0 Å². The highest BCUT2D eigenvalue weighted by Gasteiger charge is 2.58. The van der Waals surface area contributed by atoms with E-state index < -0.39 is 16.6 Å². The fraction of sp³-hybridized carbons (Fsp3) is 0.857. The Morgan fingerprint density at radius 1 is 0.844 bits per heavy atom. The van der Waals surface area contributed by atoms with Gasteiger partial charge >= 0.3 is 0 Å². The molecule has 4 fully saturated rings. The minimum absolute atomic E-state index is 0.377. The lowest BCUT2D eigenvalue weighted by Gasteiger charge is -2.57. The molecule has 2 nitrogen and oxygen atoms in total. The van der Waals surface area contributed by atoms with Crippen molar-refractivity contribution in [3.8, 4) is 0 Å². The van der Waals surface area contributed by atoms with Gasteiger partial charge in [-0.25, -0.2) is 0 Å². The first-order valence-electron chi connectivity index (χ1n) is 13.6. The number of hydrogen-bond donors (Lipinski definition) is 0. The minimum Gasteiger partial charge on any atom is -0.411 e. The van der Waals surface area contributed by atoms with Crippen LogP contribution in [0.3, 0.4) is 0 Å². The summed E-state index contributed by atoms with van der Waals surface area (Å²) in [7, 11) is -3.41. The molecule has 4 heteroatoms. The van der Waals surface area contributed by atoms with E-state index in [4.69, 9.17) is 8.85 Å². The predicted molar refractivity (Wildman–Crippen MR) is 141 cm³/mol. The van der Waals surface area contributed by atoms with Crippen molar-refractivity contribution < 1.29 is 8.85 Å². The molecule has 32 heavy (non-hydrogen) atoms. The molecule has 0 amide bonds. The second-order valence-corrected chi connectivity index (χ2v) is 20.9. The van der Waals surface area contributed by atoms with Gasteiger partial charge in [-0.05, 0) is 132 Å². The van der Waals surface area contributed by atoms with Crippen molar-refractivity contribution in [1.82, 2.24) is 0 Å². The van der Waals surface area contributed by atoms with Gasteiger partial charge in [0.1, 0.15) is 0 Å². The lowest BCUT2D eigenvalue weighted by molar-refractivity contribution is -0.0854. The molecule has 4 unspecified atom stereocenters. The maximum absolute atomic E-state index is 6.67. The summed E-state index contributed by atoms with van der Waals surface area (Å²) in [4.78, 5) is 0. The largest absolute Gasteiger partial charge is 0.411 e. The highest BCUT2D eigenvalue weighted by molar-refractivity contribution is 6.76. The summed E-state index contributed by atoms with van der Waals surface area (Å²) in [6.07, 6.45) is 13.5. The smallest absolute Gasteiger partial charge is 0.210 e. The van der Waals surface area contributed by atoms with E-state index in [-0.39, 0.29) is 0 Å². The second kappa shape index (κ2) is 9.13. The fourth-order valence-corrected chi connectivity index (χ4v) is 11.2. The van der Waals surface area contributed by atoms with Crippen LogP contribution < -0.4 is 0 Å². The lowest BCUT2D eigenvalue weighted by Crippen LogP contribution is -2.51. The van der Waals surface area contributed by atoms with Gasteiger partial charge in [0.15, 0.2) is 0 Å². The molecule has 0 bridgehead atoms. The first-order valence-corrected chi connectivity index (χ1v) is 19.6. The van der Waals surface area contributed by atoms with Gasteiger partial charge < -0.3 is 8.85 Å². The molecule has 0 aliphatic heterocycles. The molecule has 0 N–H and O–H groups in total. The summed E-state index contributed by atoms with van der Waals surface area (Å²) < 4.78 is 13.3. The third-order valence-corrected chi connectivity index (χ3v) is 14.4. The summed E-state index contributed by atoms with van der Waals surface area (Å²) in [5.74, 6) is 5.47. The molecule has 182 valence electrons. The monoisotopic (exact) mass is 474 g/mol. The third kappa shape index (κ3) is 4.68. The zero-order valence-electron chi connectivity index (χ0n) is 21.9. The standard InChI is InChI=1S/C28H50O2Si2/c1-9-31(5,6)29-20(3)26-15-16-27-25-13-11-21-19-22(30-32(7,8)10-2)12-14-23(21)24(25)17-18-28(26,27)4/h9-10,20-27H,1-2,11-19H2,3-8H3/t20-,21-,22-,23?,24?,25?,26+,27?,28+/m0/s1. The van der Waals surface area contributed by atoms with Crippen LogP contribution in [-0.4, -0.2) is 28.8 Å². The van der Waals surface area contributed by atoms with Gasteiger partial charge in [-0.15, -0.1) is 13.2 Å². The van der Waals surface area contributed by atoms with Gasteiger partial charge in [0.2, 0.25) is 16.6 Å². The van der Waals surface area contributed by atoms with E-state index in [1.165, 1.54) is 57.8 Å². The van der Waals surface area contributed by atoms with Gasteiger partial charge in [-0.2, -0.15) is 0 Å². The Morgan fingerprint density at radius 2 is 1.53 bits per heavy atom. The molecule has 4 aliphatic carbocycles. The van der Waals surface area contributed by atoms with E-state index in [9.17, 15) is 0 Å². The summed E-state index contributed by atoms with van der Waals surface area (Å²) >= 11 is 0. The first kappa shape index (κ1) is 24.9. The van der Waals surface area contributed by atoms with E-state index in [0.29, 0.717) is 17.6 Å². The van der Waals surface area contributed by atoms with Crippen LogP contribution in [0.25, 0.3) is 0 Å². The van der Waals surface area contributed by atoms with Crippen LogP contribution in [0.15, 0.2) is 24.6 Å². The maximum Gasteiger partial charge on any atom is 0.210 e. The summed E-state index contributed by atoms with van der Waals surface area (Å²) in [6, 6.07) is 0. The molecule has 9 atom stereocenters. The van der Waals surface area contributed by atoms with Crippen LogP contribution in [0, 0.1) is 40.9 Å². The zero-order chi connectivity index (χ0) is 23.3. The van der Waals surface area contributed by atoms with Crippen molar-refractivity contribution in [1.29, 1.82) is 0 Å². The molecule has 4 rings (SSSR count). The molecule has 4 aliphatic rings. The molecule has 0 radical (unpaired) electrons.